The SMILES string of the molecule is COC(=O)CN1C(=O)S/C(=C\c2cccc(OCC(=O)Nc3cccc(C)c3C)c2)C1=O. The number of nitrogens with zero attached hydrogens (tertiary/aromatic N) is 1. The van der Waals surface area contributed by atoms with E-state index >= 15 is 0 Å². The van der Waals surface area contributed by atoms with Crippen molar-refractivity contribution in [1.29, 1.82) is 0 Å². The normalized spacial score (nSPS) is 14.6. The molecule has 1 aliphatic rings. The van der Waals surface area contributed by atoms with Crippen LogP contribution in [-0.4, -0.2) is 48.2 Å². The van der Waals surface area contributed by atoms with Crippen LogP contribution in [0.5, 0.6) is 5.75 Å². The summed E-state index contributed by atoms with van der Waals surface area (Å²) < 4.78 is 10.1. The molecular formula is C23H22N2O6S. The Hall–Kier alpha value is -3.59. The van der Waals surface area contributed by atoms with Crippen LogP contribution in [0.3, 0.4) is 0 Å². The molecule has 0 bridgehead atoms. The fourth-order valence-corrected chi connectivity index (χ4v) is 3.74. The third kappa shape index (κ3) is 5.55. The zero-order valence-corrected chi connectivity index (χ0v) is 18.7. The number of carbonyl (C=O) groups is 4. The monoisotopic (exact) mass is 454 g/mol. The summed E-state index contributed by atoms with van der Waals surface area (Å²) in [6.45, 7) is 3.28. The maximum Gasteiger partial charge on any atom is 0.325 e. The third-order valence-electron chi connectivity index (χ3n) is 4.79. The number of hydrogen-bond donors (Lipinski definition) is 1. The van der Waals surface area contributed by atoms with E-state index in [-0.39, 0.29) is 17.4 Å². The van der Waals surface area contributed by atoms with Crippen molar-refractivity contribution in [2.45, 2.75) is 13.8 Å². The second kappa shape index (κ2) is 10.1. The van der Waals surface area contributed by atoms with E-state index in [0.29, 0.717) is 11.3 Å². The van der Waals surface area contributed by atoms with Gasteiger partial charge < -0.3 is 14.8 Å². The molecule has 3 amide bonds. The number of nitrogens with one attached hydrogen (secondary N) is 1. The van der Waals surface area contributed by atoms with Gasteiger partial charge in [0.25, 0.3) is 17.1 Å². The van der Waals surface area contributed by atoms with Gasteiger partial charge in [0.05, 0.1) is 12.0 Å². The van der Waals surface area contributed by atoms with Gasteiger partial charge in [-0.3, -0.25) is 24.1 Å². The molecule has 3 rings (SSSR count). The molecule has 9 heteroatoms. The number of amides is 3. The number of esters is 1. The second-order valence-corrected chi connectivity index (χ2v) is 7.99. The highest BCUT2D eigenvalue weighted by Crippen LogP contribution is 2.32. The third-order valence-corrected chi connectivity index (χ3v) is 5.70. The first-order valence-corrected chi connectivity index (χ1v) is 10.5. The van der Waals surface area contributed by atoms with Gasteiger partial charge in [0.1, 0.15) is 12.3 Å². The molecule has 0 spiro atoms. The highest BCUT2D eigenvalue weighted by Gasteiger charge is 2.36. The van der Waals surface area contributed by atoms with Crippen molar-refractivity contribution in [2.24, 2.45) is 0 Å². The van der Waals surface area contributed by atoms with Gasteiger partial charge in [-0.1, -0.05) is 24.3 Å². The summed E-state index contributed by atoms with van der Waals surface area (Å²) in [4.78, 5) is 49.1. The van der Waals surface area contributed by atoms with Crippen LogP contribution in [0.2, 0.25) is 0 Å². The molecule has 32 heavy (non-hydrogen) atoms. The Morgan fingerprint density at radius 1 is 1.12 bits per heavy atom. The van der Waals surface area contributed by atoms with Crippen LogP contribution >= 0.6 is 11.8 Å². The van der Waals surface area contributed by atoms with Gasteiger partial charge in [0.15, 0.2) is 6.61 Å². The molecule has 0 aliphatic carbocycles. The Bertz CT molecular complexity index is 1110. The van der Waals surface area contributed by atoms with Crippen LogP contribution in [0, 0.1) is 13.8 Å². The standard InChI is InChI=1S/C23H22N2O6S/c1-14-6-4-9-18(15(14)2)24-20(26)13-31-17-8-5-7-16(10-17)11-19-22(28)25(23(29)32-19)12-21(27)30-3/h4-11H,12-13H2,1-3H3,(H,24,26)/b19-11-. The molecule has 2 aromatic carbocycles. The molecule has 8 nitrogen and oxygen atoms in total. The fourth-order valence-electron chi connectivity index (χ4n) is 2.90. The summed E-state index contributed by atoms with van der Waals surface area (Å²) in [6, 6.07) is 12.4. The van der Waals surface area contributed by atoms with Crippen molar-refractivity contribution >= 4 is 46.5 Å². The largest absolute Gasteiger partial charge is 0.484 e. The first kappa shape index (κ1) is 23.1. The molecule has 1 aliphatic heterocycles. The van der Waals surface area contributed by atoms with E-state index in [1.54, 1.807) is 24.3 Å². The van der Waals surface area contributed by atoms with Crippen molar-refractivity contribution in [3.63, 3.8) is 0 Å². The van der Waals surface area contributed by atoms with E-state index in [0.717, 1.165) is 33.5 Å². The topological polar surface area (TPSA) is 102 Å². The fraction of sp³-hybridized carbons (Fsp3) is 0.217. The number of benzene rings is 2. The number of anilines is 1. The van der Waals surface area contributed by atoms with Crippen LogP contribution in [-0.2, 0) is 19.1 Å². The van der Waals surface area contributed by atoms with Crippen molar-refractivity contribution in [3.8, 4) is 5.75 Å². The molecule has 0 radical (unpaired) electrons. The van der Waals surface area contributed by atoms with Gasteiger partial charge in [-0.05, 0) is 66.6 Å². The summed E-state index contributed by atoms with van der Waals surface area (Å²) in [7, 11) is 1.19. The first-order valence-electron chi connectivity index (χ1n) is 9.69. The lowest BCUT2D eigenvalue weighted by molar-refractivity contribution is -0.143. The van der Waals surface area contributed by atoms with Gasteiger partial charge in [-0.15, -0.1) is 0 Å². The van der Waals surface area contributed by atoms with E-state index < -0.39 is 23.7 Å². The molecule has 1 N–H and O–H groups in total. The predicted molar refractivity (Wildman–Crippen MR) is 121 cm³/mol. The predicted octanol–water partition coefficient (Wildman–Crippen LogP) is 3.53. The highest BCUT2D eigenvalue weighted by atomic mass is 32.2. The Morgan fingerprint density at radius 2 is 1.88 bits per heavy atom. The number of thioether (sulfide) groups is 1. The second-order valence-electron chi connectivity index (χ2n) is 7.00. The maximum atomic E-state index is 12.4. The molecule has 0 atom stereocenters. The van der Waals surface area contributed by atoms with E-state index in [1.165, 1.54) is 13.2 Å². The van der Waals surface area contributed by atoms with Gasteiger partial charge in [0.2, 0.25) is 0 Å². The van der Waals surface area contributed by atoms with Gasteiger partial charge in [0, 0.05) is 5.69 Å². The molecule has 1 saturated heterocycles. The lowest BCUT2D eigenvalue weighted by atomic mass is 10.1. The number of ether oxygens (including phenoxy) is 2. The minimum atomic E-state index is -0.678. The van der Waals surface area contributed by atoms with Gasteiger partial charge in [-0.25, -0.2) is 0 Å². The summed E-state index contributed by atoms with van der Waals surface area (Å²) >= 11 is 0.743. The summed E-state index contributed by atoms with van der Waals surface area (Å²) in [6.07, 6.45) is 1.53. The highest BCUT2D eigenvalue weighted by molar-refractivity contribution is 8.18. The number of hydrogen-bond acceptors (Lipinski definition) is 7. The molecule has 2 aromatic rings. The van der Waals surface area contributed by atoms with Crippen molar-refractivity contribution in [2.75, 3.05) is 25.6 Å². The Balaban J connectivity index is 1.63. The average molecular weight is 455 g/mol. The van der Waals surface area contributed by atoms with Gasteiger partial charge >= 0.3 is 5.97 Å². The Morgan fingerprint density at radius 3 is 2.62 bits per heavy atom. The number of imide groups is 1. The van der Waals surface area contributed by atoms with Crippen LogP contribution in [0.1, 0.15) is 16.7 Å². The van der Waals surface area contributed by atoms with Crippen LogP contribution in [0.25, 0.3) is 6.08 Å². The molecule has 166 valence electrons. The molecule has 1 heterocycles. The quantitative estimate of drug-likeness (QED) is 0.504. The van der Waals surface area contributed by atoms with E-state index in [4.69, 9.17) is 4.74 Å². The molecular weight excluding hydrogens is 432 g/mol. The molecule has 0 unspecified atom stereocenters. The molecule has 0 saturated carbocycles. The van der Waals surface area contributed by atoms with Crippen molar-refractivity contribution in [1.82, 2.24) is 4.90 Å². The summed E-state index contributed by atoms with van der Waals surface area (Å²) in [5, 5.41) is 2.29. The molecule has 0 aromatic heterocycles. The molecule has 1 fully saturated rings. The zero-order valence-electron chi connectivity index (χ0n) is 17.8. The van der Waals surface area contributed by atoms with Crippen LogP contribution in [0.4, 0.5) is 10.5 Å². The zero-order chi connectivity index (χ0) is 23.3. The number of rotatable bonds is 7. The van der Waals surface area contributed by atoms with Crippen LogP contribution in [0.15, 0.2) is 47.4 Å². The van der Waals surface area contributed by atoms with E-state index in [2.05, 4.69) is 10.1 Å². The van der Waals surface area contributed by atoms with E-state index in [1.807, 2.05) is 32.0 Å². The number of aryl methyl sites for hydroxylation is 1. The Labute approximate surface area is 189 Å². The number of methoxy groups -OCH3 is 1. The number of carbonyl (C=O) groups excluding carboxylic acids is 4. The minimum Gasteiger partial charge on any atom is -0.484 e. The van der Waals surface area contributed by atoms with Crippen molar-refractivity contribution in [3.05, 3.63) is 64.1 Å². The Kier molecular flexibility index (Phi) is 7.32. The lowest BCUT2D eigenvalue weighted by Crippen LogP contribution is -2.34. The average Bonchev–Trinajstić information content (AvgIpc) is 3.03. The smallest absolute Gasteiger partial charge is 0.325 e. The first-order chi connectivity index (χ1) is 15.3. The van der Waals surface area contributed by atoms with E-state index in [9.17, 15) is 19.2 Å². The summed E-state index contributed by atoms with van der Waals surface area (Å²) in [5.74, 6) is -1.11. The summed E-state index contributed by atoms with van der Waals surface area (Å²) in [5.41, 5.74) is 3.41. The minimum absolute atomic E-state index is 0.184. The maximum absolute atomic E-state index is 12.4. The lowest BCUT2D eigenvalue weighted by Gasteiger charge is -2.11. The van der Waals surface area contributed by atoms with Gasteiger partial charge in [-0.2, -0.15) is 0 Å². The van der Waals surface area contributed by atoms with Crippen LogP contribution < -0.4 is 10.1 Å². The van der Waals surface area contributed by atoms with Crippen molar-refractivity contribution < 1.29 is 28.7 Å².